The fourth-order valence-electron chi connectivity index (χ4n) is 2.31. The number of nitrogens with zero attached hydrogens (tertiary/aromatic N) is 3. The zero-order valence-corrected chi connectivity index (χ0v) is 12.3. The molecule has 20 heavy (non-hydrogen) atoms. The summed E-state index contributed by atoms with van der Waals surface area (Å²) in [4.78, 5) is 10.8. The molecule has 0 bridgehead atoms. The molecule has 0 aromatic carbocycles. The van der Waals surface area contributed by atoms with Crippen LogP contribution in [0, 0.1) is 0 Å². The summed E-state index contributed by atoms with van der Waals surface area (Å²) in [5.41, 5.74) is 0.933. The second-order valence-electron chi connectivity index (χ2n) is 5.51. The van der Waals surface area contributed by atoms with E-state index in [1.807, 2.05) is 4.90 Å². The van der Waals surface area contributed by atoms with Crippen LogP contribution in [0.25, 0.3) is 0 Å². The average Bonchev–Trinajstić information content (AvgIpc) is 3.25. The molecule has 6 nitrogen and oxygen atoms in total. The van der Waals surface area contributed by atoms with Crippen LogP contribution in [0.2, 0.25) is 0 Å². The number of hydrogen-bond acceptors (Lipinski definition) is 6. The highest BCUT2D eigenvalue weighted by Crippen LogP contribution is 2.19. The lowest BCUT2D eigenvalue weighted by Gasteiger charge is -2.20. The number of nitrogens with one attached hydrogen (secondary N) is 1. The van der Waals surface area contributed by atoms with Gasteiger partial charge in [-0.1, -0.05) is 0 Å². The van der Waals surface area contributed by atoms with Gasteiger partial charge in [-0.3, -0.25) is 4.98 Å². The van der Waals surface area contributed by atoms with E-state index in [1.165, 1.54) is 12.8 Å². The van der Waals surface area contributed by atoms with E-state index in [9.17, 15) is 8.42 Å². The molecule has 1 saturated heterocycles. The second-order valence-corrected chi connectivity index (χ2v) is 7.82. The molecular formula is C13H20N4O2S. The molecule has 7 heteroatoms. The van der Waals surface area contributed by atoms with E-state index < -0.39 is 9.84 Å². The van der Waals surface area contributed by atoms with Crippen molar-refractivity contribution in [2.75, 3.05) is 29.5 Å². The Morgan fingerprint density at radius 3 is 2.75 bits per heavy atom. The van der Waals surface area contributed by atoms with E-state index in [4.69, 9.17) is 0 Å². The quantitative estimate of drug-likeness (QED) is 0.864. The highest BCUT2D eigenvalue weighted by molar-refractivity contribution is 7.91. The lowest BCUT2D eigenvalue weighted by molar-refractivity contribution is 0.597. The molecule has 1 aliphatic heterocycles. The summed E-state index contributed by atoms with van der Waals surface area (Å²) in [5.74, 6) is 1.26. The molecule has 1 aromatic rings. The zero-order chi connectivity index (χ0) is 14.0. The molecule has 2 aliphatic rings. The van der Waals surface area contributed by atoms with E-state index in [2.05, 4.69) is 15.3 Å². The molecule has 2 heterocycles. The number of rotatable bonds is 4. The zero-order valence-electron chi connectivity index (χ0n) is 11.5. The fourth-order valence-corrected chi connectivity index (χ4v) is 3.58. The Hall–Kier alpha value is -1.21. The predicted molar refractivity (Wildman–Crippen MR) is 77.4 cm³/mol. The molecule has 110 valence electrons. The molecule has 1 saturated carbocycles. The van der Waals surface area contributed by atoms with Gasteiger partial charge in [-0.05, 0) is 19.3 Å². The van der Waals surface area contributed by atoms with Crippen LogP contribution in [-0.4, -0.2) is 49.0 Å². The predicted octanol–water partition coefficient (Wildman–Crippen LogP) is 0.353. The van der Waals surface area contributed by atoms with Crippen LogP contribution >= 0.6 is 0 Å². The van der Waals surface area contributed by atoms with Crippen molar-refractivity contribution >= 4 is 15.7 Å². The maximum atomic E-state index is 11.6. The van der Waals surface area contributed by atoms with Crippen molar-refractivity contribution in [2.24, 2.45) is 0 Å². The largest absolute Gasteiger partial charge is 0.354 e. The third-order valence-corrected chi connectivity index (χ3v) is 5.44. The van der Waals surface area contributed by atoms with Crippen molar-refractivity contribution in [3.8, 4) is 0 Å². The Morgan fingerprint density at radius 1 is 1.20 bits per heavy atom. The molecule has 0 spiro atoms. The van der Waals surface area contributed by atoms with Crippen molar-refractivity contribution < 1.29 is 8.42 Å². The third kappa shape index (κ3) is 3.67. The Bertz CT molecular complexity index is 554. The van der Waals surface area contributed by atoms with Crippen LogP contribution in [0.1, 0.15) is 25.0 Å². The first kappa shape index (κ1) is 13.8. The molecular weight excluding hydrogens is 276 g/mol. The van der Waals surface area contributed by atoms with Gasteiger partial charge in [0, 0.05) is 25.7 Å². The van der Waals surface area contributed by atoms with Gasteiger partial charge in [0.25, 0.3) is 0 Å². The fraction of sp³-hybridized carbons (Fsp3) is 0.692. The van der Waals surface area contributed by atoms with Gasteiger partial charge >= 0.3 is 0 Å². The standard InChI is InChI=1S/C13H20N4O2S/c18-20(19)6-1-4-17(5-7-20)13-10-15-12(9-16-13)8-14-11-2-3-11/h9-11,14H,1-8H2. The number of anilines is 1. The lowest BCUT2D eigenvalue weighted by Crippen LogP contribution is -2.28. The van der Waals surface area contributed by atoms with Crippen molar-refractivity contribution in [1.29, 1.82) is 0 Å². The van der Waals surface area contributed by atoms with E-state index in [0.29, 0.717) is 19.0 Å². The van der Waals surface area contributed by atoms with Crippen molar-refractivity contribution in [2.45, 2.75) is 31.8 Å². The highest BCUT2D eigenvalue weighted by Gasteiger charge is 2.21. The molecule has 1 aliphatic carbocycles. The number of hydrogen-bond donors (Lipinski definition) is 1. The Balaban J connectivity index is 1.61. The summed E-state index contributed by atoms with van der Waals surface area (Å²) in [7, 11) is -2.88. The summed E-state index contributed by atoms with van der Waals surface area (Å²) in [6.07, 6.45) is 6.71. The van der Waals surface area contributed by atoms with Crippen LogP contribution < -0.4 is 10.2 Å². The number of aromatic nitrogens is 2. The molecule has 0 amide bonds. The maximum Gasteiger partial charge on any atom is 0.152 e. The molecule has 1 aromatic heterocycles. The second kappa shape index (κ2) is 5.65. The van der Waals surface area contributed by atoms with Crippen LogP contribution in [-0.2, 0) is 16.4 Å². The van der Waals surface area contributed by atoms with E-state index in [1.54, 1.807) is 12.4 Å². The molecule has 1 N–H and O–H groups in total. The third-order valence-electron chi connectivity index (χ3n) is 3.72. The van der Waals surface area contributed by atoms with Crippen LogP contribution in [0.5, 0.6) is 0 Å². The minimum atomic E-state index is -2.88. The van der Waals surface area contributed by atoms with Crippen molar-refractivity contribution in [3.63, 3.8) is 0 Å². The van der Waals surface area contributed by atoms with Crippen LogP contribution in [0.15, 0.2) is 12.4 Å². The summed E-state index contributed by atoms with van der Waals surface area (Å²) < 4.78 is 23.2. The van der Waals surface area contributed by atoms with Gasteiger partial charge in [-0.25, -0.2) is 13.4 Å². The summed E-state index contributed by atoms with van der Waals surface area (Å²) in [5, 5.41) is 3.40. The SMILES string of the molecule is O=S1(=O)CCCN(c2cnc(CNC3CC3)cn2)CC1. The molecule has 2 fully saturated rings. The monoisotopic (exact) mass is 296 g/mol. The Morgan fingerprint density at radius 2 is 2.05 bits per heavy atom. The van der Waals surface area contributed by atoms with Gasteiger partial charge in [0.15, 0.2) is 9.84 Å². The maximum absolute atomic E-state index is 11.6. The topological polar surface area (TPSA) is 75.2 Å². The first-order valence-electron chi connectivity index (χ1n) is 7.12. The molecule has 0 radical (unpaired) electrons. The van der Waals surface area contributed by atoms with Gasteiger partial charge < -0.3 is 10.2 Å². The van der Waals surface area contributed by atoms with E-state index in [0.717, 1.165) is 24.6 Å². The van der Waals surface area contributed by atoms with Gasteiger partial charge in [0.05, 0.1) is 29.6 Å². The molecule has 0 atom stereocenters. The molecule has 0 unspecified atom stereocenters. The van der Waals surface area contributed by atoms with Gasteiger partial charge in [0.2, 0.25) is 0 Å². The van der Waals surface area contributed by atoms with Crippen molar-refractivity contribution in [1.82, 2.24) is 15.3 Å². The first-order valence-corrected chi connectivity index (χ1v) is 8.94. The van der Waals surface area contributed by atoms with Crippen LogP contribution in [0.4, 0.5) is 5.82 Å². The Labute approximate surface area is 119 Å². The molecule has 3 rings (SSSR count). The summed E-state index contributed by atoms with van der Waals surface area (Å²) >= 11 is 0. The minimum absolute atomic E-state index is 0.208. The Kier molecular flexibility index (Phi) is 3.89. The normalized spacial score (nSPS) is 22.5. The highest BCUT2D eigenvalue weighted by atomic mass is 32.2. The van der Waals surface area contributed by atoms with E-state index >= 15 is 0 Å². The van der Waals surface area contributed by atoms with Gasteiger partial charge in [-0.15, -0.1) is 0 Å². The van der Waals surface area contributed by atoms with Crippen molar-refractivity contribution in [3.05, 3.63) is 18.1 Å². The van der Waals surface area contributed by atoms with Crippen LogP contribution in [0.3, 0.4) is 0 Å². The summed E-state index contributed by atoms with van der Waals surface area (Å²) in [6, 6.07) is 0.660. The lowest BCUT2D eigenvalue weighted by atomic mass is 10.4. The smallest absolute Gasteiger partial charge is 0.152 e. The average molecular weight is 296 g/mol. The minimum Gasteiger partial charge on any atom is -0.354 e. The van der Waals surface area contributed by atoms with Gasteiger partial charge in [0.1, 0.15) is 5.82 Å². The summed E-state index contributed by atoms with van der Waals surface area (Å²) in [6.45, 7) is 2.00. The first-order chi connectivity index (χ1) is 9.62. The van der Waals surface area contributed by atoms with Gasteiger partial charge in [-0.2, -0.15) is 0 Å². The number of sulfone groups is 1. The van der Waals surface area contributed by atoms with E-state index in [-0.39, 0.29) is 11.5 Å².